The van der Waals surface area contributed by atoms with Crippen LogP contribution in [0.15, 0.2) is 35.1 Å². The van der Waals surface area contributed by atoms with E-state index in [2.05, 4.69) is 24.3 Å². The SMILES string of the molecule is Cc1cccc(-n2nc(CNCC(C)C)c(O)cc2=O)c1. The molecule has 0 fully saturated rings. The van der Waals surface area contributed by atoms with Gasteiger partial charge in [0.2, 0.25) is 0 Å². The van der Waals surface area contributed by atoms with Gasteiger partial charge in [0.1, 0.15) is 11.4 Å². The molecular weight excluding hydrogens is 266 g/mol. The summed E-state index contributed by atoms with van der Waals surface area (Å²) in [6.07, 6.45) is 0. The van der Waals surface area contributed by atoms with Crippen LogP contribution in [0.3, 0.4) is 0 Å². The summed E-state index contributed by atoms with van der Waals surface area (Å²) in [5.74, 6) is 0.440. The second kappa shape index (κ2) is 6.54. The first-order valence-electron chi connectivity index (χ1n) is 7.07. The van der Waals surface area contributed by atoms with Gasteiger partial charge < -0.3 is 10.4 Å². The zero-order valence-corrected chi connectivity index (χ0v) is 12.6. The Kier molecular flexibility index (Phi) is 4.75. The Balaban J connectivity index is 2.32. The Morgan fingerprint density at radius 1 is 1.33 bits per heavy atom. The summed E-state index contributed by atoms with van der Waals surface area (Å²) in [6.45, 7) is 7.42. The third kappa shape index (κ3) is 3.92. The van der Waals surface area contributed by atoms with E-state index in [1.54, 1.807) is 0 Å². The highest BCUT2D eigenvalue weighted by molar-refractivity contribution is 5.36. The molecule has 1 aromatic carbocycles. The van der Waals surface area contributed by atoms with E-state index in [9.17, 15) is 9.90 Å². The van der Waals surface area contributed by atoms with Crippen LogP contribution in [-0.4, -0.2) is 21.4 Å². The number of nitrogens with zero attached hydrogens (tertiary/aromatic N) is 2. The molecule has 0 bridgehead atoms. The topological polar surface area (TPSA) is 67.2 Å². The van der Waals surface area contributed by atoms with Crippen molar-refractivity contribution in [3.8, 4) is 11.4 Å². The number of aryl methyl sites for hydroxylation is 1. The molecule has 0 amide bonds. The van der Waals surface area contributed by atoms with E-state index in [-0.39, 0.29) is 11.3 Å². The lowest BCUT2D eigenvalue weighted by atomic mass is 10.2. The van der Waals surface area contributed by atoms with E-state index in [1.807, 2.05) is 31.2 Å². The van der Waals surface area contributed by atoms with E-state index in [0.29, 0.717) is 23.8 Å². The monoisotopic (exact) mass is 287 g/mol. The highest BCUT2D eigenvalue weighted by Gasteiger charge is 2.09. The first-order valence-corrected chi connectivity index (χ1v) is 7.07. The minimum absolute atomic E-state index is 0.0693. The Hall–Kier alpha value is -2.14. The summed E-state index contributed by atoms with van der Waals surface area (Å²) in [6, 6.07) is 8.75. The highest BCUT2D eigenvalue weighted by atomic mass is 16.3. The minimum atomic E-state index is -0.342. The molecule has 5 nitrogen and oxygen atoms in total. The average Bonchev–Trinajstić information content (AvgIpc) is 2.40. The van der Waals surface area contributed by atoms with Crippen molar-refractivity contribution in [3.63, 3.8) is 0 Å². The number of benzene rings is 1. The Labute approximate surface area is 124 Å². The van der Waals surface area contributed by atoms with E-state index in [1.165, 1.54) is 10.7 Å². The maximum atomic E-state index is 12.0. The number of nitrogens with one attached hydrogen (secondary N) is 1. The minimum Gasteiger partial charge on any atom is -0.506 e. The summed E-state index contributed by atoms with van der Waals surface area (Å²) >= 11 is 0. The van der Waals surface area contributed by atoms with E-state index in [4.69, 9.17) is 0 Å². The normalized spacial score (nSPS) is 11.0. The molecule has 0 aliphatic heterocycles. The Bertz CT molecular complexity index is 677. The van der Waals surface area contributed by atoms with Gasteiger partial charge in [-0.25, -0.2) is 0 Å². The first-order chi connectivity index (χ1) is 9.97. The fourth-order valence-electron chi connectivity index (χ4n) is 2.03. The van der Waals surface area contributed by atoms with Crippen molar-refractivity contribution in [1.82, 2.24) is 15.1 Å². The fourth-order valence-corrected chi connectivity index (χ4v) is 2.03. The van der Waals surface area contributed by atoms with Crippen LogP contribution in [0.1, 0.15) is 25.1 Å². The van der Waals surface area contributed by atoms with Crippen LogP contribution in [0.5, 0.6) is 5.75 Å². The van der Waals surface area contributed by atoms with Crippen LogP contribution in [0.25, 0.3) is 5.69 Å². The maximum Gasteiger partial charge on any atom is 0.275 e. The van der Waals surface area contributed by atoms with Crippen molar-refractivity contribution >= 4 is 0 Å². The predicted molar refractivity (Wildman–Crippen MR) is 82.8 cm³/mol. The second-order valence-corrected chi connectivity index (χ2v) is 5.59. The molecule has 0 atom stereocenters. The number of aromatic hydroxyl groups is 1. The molecule has 21 heavy (non-hydrogen) atoms. The number of rotatable bonds is 5. The van der Waals surface area contributed by atoms with E-state index < -0.39 is 0 Å². The van der Waals surface area contributed by atoms with Crippen LogP contribution < -0.4 is 10.9 Å². The fraction of sp³-hybridized carbons (Fsp3) is 0.375. The molecule has 0 saturated carbocycles. The van der Waals surface area contributed by atoms with Gasteiger partial charge in [0.25, 0.3) is 5.56 Å². The van der Waals surface area contributed by atoms with Crippen molar-refractivity contribution in [1.29, 1.82) is 0 Å². The molecule has 0 radical (unpaired) electrons. The summed E-state index contributed by atoms with van der Waals surface area (Å²) < 4.78 is 1.32. The van der Waals surface area contributed by atoms with Crippen LogP contribution in [0, 0.1) is 12.8 Å². The van der Waals surface area contributed by atoms with Crippen molar-refractivity contribution in [2.75, 3.05) is 6.54 Å². The molecule has 1 heterocycles. The largest absolute Gasteiger partial charge is 0.506 e. The molecular formula is C16H21N3O2. The molecule has 2 rings (SSSR count). The van der Waals surface area contributed by atoms with Gasteiger partial charge >= 0.3 is 0 Å². The van der Waals surface area contributed by atoms with Crippen LogP contribution in [0.4, 0.5) is 0 Å². The summed E-state index contributed by atoms with van der Waals surface area (Å²) in [5.41, 5.74) is 1.88. The smallest absolute Gasteiger partial charge is 0.275 e. The molecule has 2 N–H and O–H groups in total. The van der Waals surface area contributed by atoms with Crippen molar-refractivity contribution in [3.05, 3.63) is 51.9 Å². The third-order valence-corrected chi connectivity index (χ3v) is 3.08. The Morgan fingerprint density at radius 3 is 2.76 bits per heavy atom. The molecule has 5 heteroatoms. The van der Waals surface area contributed by atoms with Crippen molar-refractivity contribution < 1.29 is 5.11 Å². The van der Waals surface area contributed by atoms with Crippen LogP contribution in [-0.2, 0) is 6.54 Å². The first kappa shape index (κ1) is 15.3. The number of hydrogen-bond acceptors (Lipinski definition) is 4. The molecule has 0 aliphatic rings. The van der Waals surface area contributed by atoms with Gasteiger partial charge in [-0.2, -0.15) is 9.78 Å². The van der Waals surface area contributed by atoms with Gasteiger partial charge in [-0.3, -0.25) is 4.79 Å². The predicted octanol–water partition coefficient (Wildman–Crippen LogP) is 1.99. The highest BCUT2D eigenvalue weighted by Crippen LogP contribution is 2.13. The average molecular weight is 287 g/mol. The van der Waals surface area contributed by atoms with Gasteiger partial charge in [-0.05, 0) is 37.1 Å². The standard InChI is InChI=1S/C16H21N3O2/c1-11(2)9-17-10-14-15(20)8-16(21)19(18-14)13-6-4-5-12(3)7-13/h4-8,11,17,20H,9-10H2,1-3H3. The van der Waals surface area contributed by atoms with Gasteiger partial charge in [-0.1, -0.05) is 26.0 Å². The van der Waals surface area contributed by atoms with E-state index in [0.717, 1.165) is 12.1 Å². The quantitative estimate of drug-likeness (QED) is 0.882. The van der Waals surface area contributed by atoms with E-state index >= 15 is 0 Å². The molecule has 112 valence electrons. The second-order valence-electron chi connectivity index (χ2n) is 5.59. The lowest BCUT2D eigenvalue weighted by Crippen LogP contribution is -2.25. The zero-order chi connectivity index (χ0) is 15.4. The third-order valence-electron chi connectivity index (χ3n) is 3.08. The van der Waals surface area contributed by atoms with Gasteiger partial charge in [0, 0.05) is 12.6 Å². The molecule has 0 unspecified atom stereocenters. The lowest BCUT2D eigenvalue weighted by Gasteiger charge is -2.11. The van der Waals surface area contributed by atoms with Gasteiger partial charge in [0.05, 0.1) is 5.69 Å². The summed E-state index contributed by atoms with van der Waals surface area (Å²) in [4.78, 5) is 12.0. The maximum absolute atomic E-state index is 12.0. The number of hydrogen-bond donors (Lipinski definition) is 2. The molecule has 2 aromatic rings. The van der Waals surface area contributed by atoms with Crippen LogP contribution >= 0.6 is 0 Å². The van der Waals surface area contributed by atoms with Gasteiger partial charge in [-0.15, -0.1) is 0 Å². The van der Waals surface area contributed by atoms with Crippen molar-refractivity contribution in [2.45, 2.75) is 27.3 Å². The number of aromatic nitrogens is 2. The summed E-state index contributed by atoms with van der Waals surface area (Å²) in [7, 11) is 0. The van der Waals surface area contributed by atoms with Crippen molar-refractivity contribution in [2.24, 2.45) is 5.92 Å². The molecule has 1 aromatic heterocycles. The molecule has 0 aliphatic carbocycles. The van der Waals surface area contributed by atoms with Crippen LogP contribution in [0.2, 0.25) is 0 Å². The molecule has 0 spiro atoms. The lowest BCUT2D eigenvalue weighted by molar-refractivity contribution is 0.447. The van der Waals surface area contributed by atoms with Gasteiger partial charge in [0.15, 0.2) is 0 Å². The molecule has 0 saturated heterocycles. The zero-order valence-electron chi connectivity index (χ0n) is 12.6. The Morgan fingerprint density at radius 2 is 2.10 bits per heavy atom. The summed E-state index contributed by atoms with van der Waals surface area (Å²) in [5, 5.41) is 17.4.